The molecule has 0 aliphatic rings. The molecule has 0 amide bonds. The molecule has 0 saturated carbocycles. The van der Waals surface area contributed by atoms with Crippen LogP contribution in [0.2, 0.25) is 0 Å². The van der Waals surface area contributed by atoms with Gasteiger partial charge in [0.1, 0.15) is 0 Å². The van der Waals surface area contributed by atoms with Crippen LogP contribution >= 0.6 is 22.6 Å². The molecule has 0 rings (SSSR count). The fourth-order valence-corrected chi connectivity index (χ4v) is 2.30. The Hall–Kier alpha value is 0.640. The van der Waals surface area contributed by atoms with Gasteiger partial charge in [-0.05, 0) is 23.8 Å². The maximum atomic E-state index is 11.1. The third-order valence-electron chi connectivity index (χ3n) is 2.02. The number of hydrogen-bond acceptors (Lipinski definition) is 3. The van der Waals surface area contributed by atoms with Gasteiger partial charge in [-0.25, -0.2) is 8.42 Å². The summed E-state index contributed by atoms with van der Waals surface area (Å²) in [5.41, 5.74) is 0. The monoisotopic (exact) mass is 333 g/mol. The van der Waals surface area contributed by atoms with Gasteiger partial charge in [0.2, 0.25) is 0 Å². The molecule has 0 spiro atoms. The summed E-state index contributed by atoms with van der Waals surface area (Å²) in [5, 5.41) is 3.15. The molecule has 3 nitrogen and oxygen atoms in total. The van der Waals surface area contributed by atoms with Gasteiger partial charge in [0.05, 0.1) is 5.75 Å². The molecule has 1 N–H and O–H groups in total. The lowest BCUT2D eigenvalue weighted by Gasteiger charge is -2.04. The van der Waals surface area contributed by atoms with Crippen molar-refractivity contribution in [1.82, 2.24) is 5.32 Å². The van der Waals surface area contributed by atoms with Gasteiger partial charge >= 0.3 is 0 Å². The Bertz CT molecular complexity index is 217. The van der Waals surface area contributed by atoms with Crippen LogP contribution in [-0.4, -0.2) is 37.4 Å². The summed E-state index contributed by atoms with van der Waals surface area (Å²) in [6.45, 7) is 3.23. The first-order chi connectivity index (χ1) is 6.62. The zero-order valence-electron chi connectivity index (χ0n) is 8.76. The summed E-state index contributed by atoms with van der Waals surface area (Å²) < 4.78 is 23.4. The van der Waals surface area contributed by atoms with Crippen LogP contribution in [0.1, 0.15) is 26.2 Å². The normalized spacial score (nSPS) is 11.9. The van der Waals surface area contributed by atoms with Crippen LogP contribution in [0, 0.1) is 0 Å². The van der Waals surface area contributed by atoms with Crippen LogP contribution in [0.5, 0.6) is 0 Å². The van der Waals surface area contributed by atoms with Crippen molar-refractivity contribution in [2.45, 2.75) is 26.2 Å². The average Bonchev–Trinajstić information content (AvgIpc) is 2.16. The summed E-state index contributed by atoms with van der Waals surface area (Å²) in [4.78, 5) is 0. The number of rotatable bonds is 9. The van der Waals surface area contributed by atoms with Gasteiger partial charge in [0.25, 0.3) is 0 Å². The highest BCUT2D eigenvalue weighted by molar-refractivity contribution is 14.1. The highest BCUT2D eigenvalue weighted by Crippen LogP contribution is 1.97. The van der Waals surface area contributed by atoms with E-state index in [9.17, 15) is 8.42 Å². The van der Waals surface area contributed by atoms with Gasteiger partial charge in [-0.3, -0.25) is 0 Å². The number of unbranched alkanes of at least 4 members (excludes halogenated alkanes) is 2. The summed E-state index contributed by atoms with van der Waals surface area (Å²) in [6.07, 6.45) is 3.64. The summed E-state index contributed by atoms with van der Waals surface area (Å²) in [7, 11) is -2.78. The molecule has 0 bridgehead atoms. The Morgan fingerprint density at radius 3 is 2.43 bits per heavy atom. The van der Waals surface area contributed by atoms with Crippen LogP contribution in [-0.2, 0) is 9.84 Å². The number of sulfone groups is 1. The number of nitrogens with one attached hydrogen (secondary N) is 1. The molecule has 0 radical (unpaired) electrons. The predicted molar refractivity (Wildman–Crippen MR) is 69.9 cm³/mol. The minimum absolute atomic E-state index is 0.253. The summed E-state index contributed by atoms with van der Waals surface area (Å²) in [5.74, 6) is 0.527. The highest BCUT2D eigenvalue weighted by Gasteiger charge is 2.05. The first kappa shape index (κ1) is 14.6. The molecule has 0 fully saturated rings. The third-order valence-corrected chi connectivity index (χ3v) is 4.49. The number of hydrogen-bond donors (Lipinski definition) is 1. The van der Waals surface area contributed by atoms with E-state index in [0.717, 1.165) is 13.0 Å². The molecule has 0 atom stereocenters. The maximum Gasteiger partial charge on any atom is 0.151 e. The lowest BCUT2D eigenvalue weighted by atomic mass is 10.2. The van der Waals surface area contributed by atoms with Gasteiger partial charge in [-0.1, -0.05) is 35.9 Å². The molecular weight excluding hydrogens is 313 g/mol. The van der Waals surface area contributed by atoms with Gasteiger partial charge < -0.3 is 5.32 Å². The van der Waals surface area contributed by atoms with Crippen LogP contribution in [0.4, 0.5) is 0 Å². The quantitative estimate of drug-likeness (QED) is 0.396. The van der Waals surface area contributed by atoms with E-state index in [4.69, 9.17) is 0 Å². The van der Waals surface area contributed by atoms with Gasteiger partial charge in [0, 0.05) is 12.3 Å². The Balaban J connectivity index is 3.22. The smallest absolute Gasteiger partial charge is 0.151 e. The molecule has 0 aliphatic carbocycles. The Labute approximate surface area is 101 Å². The molecule has 0 aromatic rings. The van der Waals surface area contributed by atoms with E-state index in [1.165, 1.54) is 17.3 Å². The molecule has 0 heterocycles. The standard InChI is InChI=1S/C9H20INO2S/c1-2-14(12,13)9-8-11-7-5-3-4-6-10/h11H,2-9H2,1H3. The second-order valence-corrected chi connectivity index (χ2v) is 6.79. The van der Waals surface area contributed by atoms with Crippen molar-refractivity contribution in [3.8, 4) is 0 Å². The van der Waals surface area contributed by atoms with Crippen molar-refractivity contribution in [1.29, 1.82) is 0 Å². The maximum absolute atomic E-state index is 11.1. The van der Waals surface area contributed by atoms with E-state index in [0.29, 0.717) is 6.54 Å². The lowest BCUT2D eigenvalue weighted by molar-refractivity contribution is 0.587. The van der Waals surface area contributed by atoms with E-state index < -0.39 is 9.84 Å². The minimum Gasteiger partial charge on any atom is -0.316 e. The van der Waals surface area contributed by atoms with Crippen molar-refractivity contribution < 1.29 is 8.42 Å². The Morgan fingerprint density at radius 2 is 1.86 bits per heavy atom. The lowest BCUT2D eigenvalue weighted by Crippen LogP contribution is -2.24. The van der Waals surface area contributed by atoms with E-state index >= 15 is 0 Å². The first-order valence-electron chi connectivity index (χ1n) is 5.09. The van der Waals surface area contributed by atoms with E-state index in [-0.39, 0.29) is 11.5 Å². The molecule has 0 aromatic heterocycles. The van der Waals surface area contributed by atoms with Crippen LogP contribution in [0.15, 0.2) is 0 Å². The van der Waals surface area contributed by atoms with Crippen molar-refractivity contribution in [3.63, 3.8) is 0 Å². The van der Waals surface area contributed by atoms with Crippen molar-refractivity contribution in [2.75, 3.05) is 29.0 Å². The van der Waals surface area contributed by atoms with Crippen molar-refractivity contribution >= 4 is 32.4 Å². The number of alkyl halides is 1. The highest BCUT2D eigenvalue weighted by atomic mass is 127. The van der Waals surface area contributed by atoms with Crippen LogP contribution < -0.4 is 5.32 Å². The SMILES string of the molecule is CCS(=O)(=O)CCNCCCCCI. The second kappa shape index (κ2) is 8.91. The summed E-state index contributed by atoms with van der Waals surface area (Å²) in [6, 6.07) is 0. The van der Waals surface area contributed by atoms with Crippen molar-refractivity contribution in [2.24, 2.45) is 0 Å². The van der Waals surface area contributed by atoms with E-state index in [2.05, 4.69) is 27.9 Å². The topological polar surface area (TPSA) is 46.2 Å². The molecule has 0 unspecified atom stereocenters. The van der Waals surface area contributed by atoms with Crippen LogP contribution in [0.3, 0.4) is 0 Å². The second-order valence-electron chi connectivity index (χ2n) is 3.24. The molecule has 14 heavy (non-hydrogen) atoms. The third kappa shape index (κ3) is 9.21. The average molecular weight is 333 g/mol. The Morgan fingerprint density at radius 1 is 1.14 bits per heavy atom. The minimum atomic E-state index is -2.78. The first-order valence-corrected chi connectivity index (χ1v) is 8.44. The van der Waals surface area contributed by atoms with Gasteiger partial charge in [-0.2, -0.15) is 0 Å². The molecule has 5 heteroatoms. The summed E-state index contributed by atoms with van der Waals surface area (Å²) >= 11 is 2.37. The fourth-order valence-electron chi connectivity index (χ4n) is 1.02. The van der Waals surface area contributed by atoms with Gasteiger partial charge in [0.15, 0.2) is 9.84 Å². The van der Waals surface area contributed by atoms with Crippen LogP contribution in [0.25, 0.3) is 0 Å². The number of halogens is 1. The predicted octanol–water partition coefficient (Wildman–Crippen LogP) is 1.62. The zero-order chi connectivity index (χ0) is 10.9. The van der Waals surface area contributed by atoms with E-state index in [1.807, 2.05) is 0 Å². The van der Waals surface area contributed by atoms with Gasteiger partial charge in [-0.15, -0.1) is 0 Å². The fraction of sp³-hybridized carbons (Fsp3) is 1.00. The van der Waals surface area contributed by atoms with Crippen molar-refractivity contribution in [3.05, 3.63) is 0 Å². The molecular formula is C9H20INO2S. The zero-order valence-corrected chi connectivity index (χ0v) is 11.7. The largest absolute Gasteiger partial charge is 0.316 e. The molecule has 0 aromatic carbocycles. The van der Waals surface area contributed by atoms with E-state index in [1.54, 1.807) is 6.92 Å². The molecule has 0 aliphatic heterocycles. The molecule has 86 valence electrons. The molecule has 0 saturated heterocycles. The Kier molecular flexibility index (Phi) is 9.32.